The van der Waals surface area contributed by atoms with Gasteiger partial charge in [-0.05, 0) is 105 Å². The molecule has 1 aliphatic heterocycles. The second-order valence-corrected chi connectivity index (χ2v) is 16.1. The fraction of sp³-hybridized carbons (Fsp3) is 0.0222. The average Bonchev–Trinajstić information content (AvgIpc) is 3.89. The highest BCUT2D eigenvalue weighted by Gasteiger charge is 2.50. The van der Waals surface area contributed by atoms with E-state index in [1.54, 1.807) is 22.7 Å². The molecule has 1 spiro atoms. The molecule has 234 valence electrons. The van der Waals surface area contributed by atoms with E-state index in [1.807, 2.05) is 11.8 Å². The Morgan fingerprint density at radius 3 is 1.50 bits per heavy atom. The number of hydrogen-bond donors (Lipinski definition) is 0. The van der Waals surface area contributed by atoms with E-state index in [0.29, 0.717) is 0 Å². The third-order valence-corrected chi connectivity index (χ3v) is 13.5. The molecule has 0 atom stereocenters. The van der Waals surface area contributed by atoms with Crippen LogP contribution in [0.25, 0.3) is 63.8 Å². The van der Waals surface area contributed by atoms with Gasteiger partial charge in [-0.15, -0.1) is 22.7 Å². The lowest BCUT2D eigenvalue weighted by Crippen LogP contribution is -2.31. The molecule has 2 aromatic heterocycles. The van der Waals surface area contributed by atoms with E-state index >= 15 is 0 Å². The highest BCUT2D eigenvalue weighted by molar-refractivity contribution is 7.99. The van der Waals surface area contributed by atoms with Gasteiger partial charge in [0.05, 0.1) is 25.8 Å². The second-order valence-electron chi connectivity index (χ2n) is 12.9. The van der Waals surface area contributed by atoms with Crippen molar-refractivity contribution in [3.05, 3.63) is 180 Å². The first-order chi connectivity index (χ1) is 24.7. The lowest BCUT2D eigenvalue weighted by molar-refractivity contribution is 0.722. The number of fused-ring (bicyclic) bond motifs is 11. The van der Waals surface area contributed by atoms with Crippen molar-refractivity contribution < 1.29 is 0 Å². The summed E-state index contributed by atoms with van der Waals surface area (Å²) in [5, 5.41) is 2.04. The van der Waals surface area contributed by atoms with Crippen molar-refractivity contribution in [2.45, 2.75) is 15.2 Å². The number of para-hydroxylation sites is 2. The van der Waals surface area contributed by atoms with Gasteiger partial charge in [0.2, 0.25) is 0 Å². The van der Waals surface area contributed by atoms with Gasteiger partial charge >= 0.3 is 0 Å². The Kier molecular flexibility index (Phi) is 6.18. The lowest BCUT2D eigenvalue weighted by atomic mass is 9.67. The average molecular weight is 691 g/mol. The molecule has 7 aromatic carbocycles. The van der Waals surface area contributed by atoms with Crippen LogP contribution in [0.5, 0.6) is 0 Å². The van der Waals surface area contributed by atoms with Crippen LogP contribution in [0, 0.1) is 0 Å². The quantitative estimate of drug-likeness (QED) is 0.185. The Bertz CT molecular complexity index is 2620. The van der Waals surface area contributed by atoms with Crippen LogP contribution in [0.2, 0.25) is 0 Å². The van der Waals surface area contributed by atoms with E-state index in [2.05, 4.69) is 158 Å². The molecule has 0 bridgehead atoms. The Morgan fingerprint density at radius 1 is 0.380 bits per heavy atom. The molecular formula is C45H26N2S3. The smallest absolute Gasteiger partial charge is 0.124 e. The van der Waals surface area contributed by atoms with Gasteiger partial charge in [0.15, 0.2) is 0 Å². The number of benzene rings is 7. The van der Waals surface area contributed by atoms with Gasteiger partial charge in [0, 0.05) is 20.9 Å². The molecule has 5 heteroatoms. The number of aromatic nitrogens is 2. The van der Waals surface area contributed by atoms with Crippen molar-refractivity contribution in [3.63, 3.8) is 0 Å². The van der Waals surface area contributed by atoms with Gasteiger partial charge in [0.1, 0.15) is 10.0 Å². The molecule has 0 radical (unpaired) electrons. The van der Waals surface area contributed by atoms with Crippen LogP contribution in [0.3, 0.4) is 0 Å². The summed E-state index contributed by atoms with van der Waals surface area (Å²) in [5.41, 5.74) is 14.2. The van der Waals surface area contributed by atoms with Crippen LogP contribution < -0.4 is 0 Å². The van der Waals surface area contributed by atoms with Crippen molar-refractivity contribution in [3.8, 4) is 43.4 Å². The minimum Gasteiger partial charge on any atom is -0.236 e. The first kappa shape index (κ1) is 28.5. The van der Waals surface area contributed by atoms with E-state index in [4.69, 9.17) is 9.97 Å². The first-order valence-electron chi connectivity index (χ1n) is 16.7. The van der Waals surface area contributed by atoms with Gasteiger partial charge in [-0.1, -0.05) is 109 Å². The summed E-state index contributed by atoms with van der Waals surface area (Å²) in [6.45, 7) is 0. The molecule has 0 saturated carbocycles. The summed E-state index contributed by atoms with van der Waals surface area (Å²) < 4.78 is 2.39. The van der Waals surface area contributed by atoms with E-state index in [-0.39, 0.29) is 0 Å². The topological polar surface area (TPSA) is 25.8 Å². The molecule has 0 unspecified atom stereocenters. The maximum absolute atomic E-state index is 5.10. The van der Waals surface area contributed by atoms with Crippen LogP contribution in [-0.4, -0.2) is 9.97 Å². The largest absolute Gasteiger partial charge is 0.236 e. The highest BCUT2D eigenvalue weighted by atomic mass is 32.2. The summed E-state index contributed by atoms with van der Waals surface area (Å²) in [4.78, 5) is 12.8. The minimum absolute atomic E-state index is 0.416. The van der Waals surface area contributed by atoms with Crippen molar-refractivity contribution in [1.82, 2.24) is 9.97 Å². The molecule has 1 aliphatic carbocycles. The Hall–Kier alpha value is -5.33. The van der Waals surface area contributed by atoms with E-state index in [1.165, 1.54) is 58.1 Å². The Morgan fingerprint density at radius 2 is 0.880 bits per heavy atom. The third kappa shape index (κ3) is 4.09. The summed E-state index contributed by atoms with van der Waals surface area (Å²) in [6.07, 6.45) is 0. The molecule has 3 heterocycles. The normalized spacial score (nSPS) is 13.7. The van der Waals surface area contributed by atoms with Gasteiger partial charge < -0.3 is 0 Å². The van der Waals surface area contributed by atoms with Crippen LogP contribution in [0.1, 0.15) is 22.3 Å². The molecule has 0 amide bonds. The number of nitrogens with zero attached hydrogens (tertiary/aromatic N) is 2. The standard InChI is InChI=1S/C45H26N2S3/c1-2-12-33-31(11-1)32-22-21-27(26-36(32)45(33)34-13-3-7-17-39(34)48-40-18-8-4-14-35(40)45)28-23-29(43-46-37-15-5-9-19-41(37)49-43)25-30(24-28)44-47-38-16-6-10-20-42(38)50-44/h1-26H. The van der Waals surface area contributed by atoms with Gasteiger partial charge in [-0.3, -0.25) is 0 Å². The van der Waals surface area contributed by atoms with Crippen LogP contribution >= 0.6 is 34.4 Å². The van der Waals surface area contributed by atoms with Crippen molar-refractivity contribution in [2.24, 2.45) is 0 Å². The molecule has 0 N–H and O–H groups in total. The maximum Gasteiger partial charge on any atom is 0.124 e. The molecular weight excluding hydrogens is 665 g/mol. The zero-order chi connectivity index (χ0) is 32.8. The lowest BCUT2D eigenvalue weighted by Gasteiger charge is -2.39. The van der Waals surface area contributed by atoms with Crippen molar-refractivity contribution in [1.29, 1.82) is 0 Å². The molecule has 2 nitrogen and oxygen atoms in total. The zero-order valence-corrected chi connectivity index (χ0v) is 29.1. The molecule has 2 aliphatic rings. The van der Waals surface area contributed by atoms with Crippen LogP contribution in [0.4, 0.5) is 0 Å². The highest BCUT2D eigenvalue weighted by Crippen LogP contribution is 2.62. The first-order valence-corrected chi connectivity index (χ1v) is 19.2. The zero-order valence-electron chi connectivity index (χ0n) is 26.6. The summed E-state index contributed by atoms with van der Waals surface area (Å²) >= 11 is 5.38. The monoisotopic (exact) mass is 690 g/mol. The van der Waals surface area contributed by atoms with Gasteiger partial charge in [-0.25, -0.2) is 9.97 Å². The summed E-state index contributed by atoms with van der Waals surface area (Å²) in [6, 6.07) is 57.9. The molecule has 9 aromatic rings. The van der Waals surface area contributed by atoms with Crippen molar-refractivity contribution in [2.75, 3.05) is 0 Å². The molecule has 0 saturated heterocycles. The maximum atomic E-state index is 5.10. The molecule has 0 fully saturated rings. The van der Waals surface area contributed by atoms with Crippen LogP contribution in [-0.2, 0) is 5.41 Å². The number of rotatable bonds is 3. The predicted octanol–water partition coefficient (Wildman–Crippen LogP) is 12.7. The fourth-order valence-electron chi connectivity index (χ4n) is 8.07. The van der Waals surface area contributed by atoms with E-state index in [0.717, 1.165) is 37.7 Å². The molecule has 11 rings (SSSR count). The fourth-order valence-corrected chi connectivity index (χ4v) is 11.2. The van der Waals surface area contributed by atoms with Gasteiger partial charge in [-0.2, -0.15) is 0 Å². The van der Waals surface area contributed by atoms with Gasteiger partial charge in [0.25, 0.3) is 0 Å². The number of hydrogen-bond acceptors (Lipinski definition) is 5. The second kappa shape index (κ2) is 10.8. The Balaban J connectivity index is 1.18. The summed E-state index contributed by atoms with van der Waals surface area (Å²) in [5.74, 6) is 0. The predicted molar refractivity (Wildman–Crippen MR) is 211 cm³/mol. The summed E-state index contributed by atoms with van der Waals surface area (Å²) in [7, 11) is 0. The van der Waals surface area contributed by atoms with E-state index < -0.39 is 5.41 Å². The number of thiazole rings is 2. The van der Waals surface area contributed by atoms with E-state index in [9.17, 15) is 0 Å². The SMILES string of the molecule is c1ccc2c(c1)Sc1ccccc1C21c2ccccc2-c2ccc(-c3cc(-c4nc5ccccc5s4)cc(-c4nc5ccccc5s4)c3)cc21. The van der Waals surface area contributed by atoms with Crippen molar-refractivity contribution >= 4 is 54.9 Å². The third-order valence-electron chi connectivity index (χ3n) is 10.2. The Labute approximate surface area is 301 Å². The minimum atomic E-state index is -0.416. The molecule has 50 heavy (non-hydrogen) atoms. The van der Waals surface area contributed by atoms with Crippen LogP contribution in [0.15, 0.2) is 168 Å².